The lowest BCUT2D eigenvalue weighted by Gasteiger charge is -2.35. The second-order valence-electron chi connectivity index (χ2n) is 5.96. The first kappa shape index (κ1) is 18.1. The summed E-state index contributed by atoms with van der Waals surface area (Å²) in [6.45, 7) is 3.49. The fourth-order valence-electron chi connectivity index (χ4n) is 3.08. The molecule has 2 N–H and O–H groups in total. The molecule has 0 saturated carbocycles. The molecule has 26 heavy (non-hydrogen) atoms. The predicted molar refractivity (Wildman–Crippen MR) is 101 cm³/mol. The fourth-order valence-corrected chi connectivity index (χ4v) is 3.65. The van der Waals surface area contributed by atoms with Gasteiger partial charge in [-0.15, -0.1) is 11.3 Å². The van der Waals surface area contributed by atoms with E-state index < -0.39 is 0 Å². The van der Waals surface area contributed by atoms with Gasteiger partial charge in [-0.2, -0.15) is 5.26 Å². The van der Waals surface area contributed by atoms with Crippen molar-refractivity contribution in [2.45, 2.75) is 19.4 Å². The van der Waals surface area contributed by atoms with Crippen LogP contribution in [0.1, 0.15) is 29.1 Å². The number of carbonyl (C=O) groups excluding carboxylic acids is 1. The number of rotatable bonds is 5. The largest absolute Gasteiger partial charge is 0.492 e. The van der Waals surface area contributed by atoms with Gasteiger partial charge >= 0.3 is 0 Å². The van der Waals surface area contributed by atoms with E-state index in [1.807, 2.05) is 36.6 Å². The monoisotopic (exact) mass is 368 g/mol. The van der Waals surface area contributed by atoms with Gasteiger partial charge in [-0.05, 0) is 42.7 Å². The molecule has 0 aliphatic carbocycles. The van der Waals surface area contributed by atoms with Crippen molar-refractivity contribution >= 4 is 23.3 Å². The summed E-state index contributed by atoms with van der Waals surface area (Å²) in [5, 5.41) is 11.9. The third-order valence-electron chi connectivity index (χ3n) is 4.37. The molecule has 3 rings (SSSR count). The molecule has 1 aliphatic rings. The molecule has 0 saturated heterocycles. The van der Waals surface area contributed by atoms with E-state index in [2.05, 4.69) is 4.98 Å². The van der Waals surface area contributed by atoms with E-state index in [0.29, 0.717) is 24.7 Å². The van der Waals surface area contributed by atoms with Gasteiger partial charge in [0.2, 0.25) is 0 Å². The predicted octanol–water partition coefficient (Wildman–Crippen LogP) is 2.53. The smallest absolute Gasteiger partial charge is 0.265 e. The molecular weight excluding hydrogens is 348 g/mol. The van der Waals surface area contributed by atoms with Crippen molar-refractivity contribution in [2.24, 2.45) is 5.73 Å². The van der Waals surface area contributed by atoms with E-state index in [9.17, 15) is 10.1 Å². The number of amides is 1. The number of hydrogen-bond acceptors (Lipinski definition) is 6. The molecule has 1 aromatic carbocycles. The normalized spacial score (nSPS) is 16.7. The summed E-state index contributed by atoms with van der Waals surface area (Å²) in [4.78, 5) is 18.7. The minimum atomic E-state index is -0.260. The second kappa shape index (κ2) is 8.13. The standard InChI is InChI=1S/C19H20N4O2S/c1-13-17-3-2-16(25-8-5-20)10-14(17)4-7-23(13)19(24)15(12-21)11-18-22-6-9-26-18/h2-3,6,9-11,13H,4-5,7-8,20H2,1H3/b15-11+. The highest BCUT2D eigenvalue weighted by Gasteiger charge is 2.29. The first-order valence-corrected chi connectivity index (χ1v) is 9.30. The summed E-state index contributed by atoms with van der Waals surface area (Å²) in [5.41, 5.74) is 7.83. The fraction of sp³-hybridized carbons (Fsp3) is 0.316. The molecule has 1 aromatic heterocycles. The molecule has 6 nitrogen and oxygen atoms in total. The third-order valence-corrected chi connectivity index (χ3v) is 5.09. The molecule has 1 unspecified atom stereocenters. The maximum absolute atomic E-state index is 12.9. The first-order chi connectivity index (χ1) is 12.6. The first-order valence-electron chi connectivity index (χ1n) is 8.42. The summed E-state index contributed by atoms with van der Waals surface area (Å²) in [5.74, 6) is 0.534. The number of nitrogens with zero attached hydrogens (tertiary/aromatic N) is 3. The Morgan fingerprint density at radius 3 is 3.12 bits per heavy atom. The zero-order valence-electron chi connectivity index (χ0n) is 14.5. The van der Waals surface area contributed by atoms with E-state index in [-0.39, 0.29) is 17.5 Å². The molecule has 1 atom stereocenters. The van der Waals surface area contributed by atoms with Gasteiger partial charge in [0.1, 0.15) is 29.0 Å². The van der Waals surface area contributed by atoms with Crippen LogP contribution in [0, 0.1) is 11.3 Å². The highest BCUT2D eigenvalue weighted by Crippen LogP contribution is 2.32. The summed E-state index contributed by atoms with van der Waals surface area (Å²) in [6.07, 6.45) is 3.93. The number of nitrogens with two attached hydrogens (primary N) is 1. The van der Waals surface area contributed by atoms with E-state index >= 15 is 0 Å². The van der Waals surface area contributed by atoms with Gasteiger partial charge in [-0.25, -0.2) is 4.98 Å². The van der Waals surface area contributed by atoms with Gasteiger partial charge in [0.05, 0.1) is 6.04 Å². The Labute approximate surface area is 156 Å². The third kappa shape index (κ3) is 3.77. The lowest BCUT2D eigenvalue weighted by Crippen LogP contribution is -2.39. The van der Waals surface area contributed by atoms with Crippen molar-refractivity contribution in [3.05, 3.63) is 51.5 Å². The SMILES string of the molecule is CC1c2ccc(OCCN)cc2CCN1C(=O)/C(C#N)=C/c1nccs1. The van der Waals surface area contributed by atoms with Crippen LogP contribution in [-0.4, -0.2) is 35.5 Å². The molecule has 134 valence electrons. The average molecular weight is 368 g/mol. The number of thiazole rings is 1. The lowest BCUT2D eigenvalue weighted by molar-refractivity contribution is -0.129. The molecule has 0 spiro atoms. The van der Waals surface area contributed by atoms with E-state index in [1.54, 1.807) is 17.2 Å². The van der Waals surface area contributed by atoms with Gasteiger partial charge in [0.15, 0.2) is 0 Å². The number of benzene rings is 1. The van der Waals surface area contributed by atoms with Crippen LogP contribution in [0.15, 0.2) is 35.3 Å². The number of aromatic nitrogens is 1. The Bertz CT molecular complexity index is 855. The van der Waals surface area contributed by atoms with Crippen molar-refractivity contribution in [1.82, 2.24) is 9.88 Å². The van der Waals surface area contributed by atoms with Crippen LogP contribution < -0.4 is 10.5 Å². The van der Waals surface area contributed by atoms with Gasteiger partial charge in [0, 0.05) is 24.7 Å². The van der Waals surface area contributed by atoms with Crippen LogP contribution in [0.2, 0.25) is 0 Å². The lowest BCUT2D eigenvalue weighted by atomic mass is 9.92. The number of carbonyl (C=O) groups is 1. The Hall–Kier alpha value is -2.69. The molecule has 0 bridgehead atoms. The van der Waals surface area contributed by atoms with E-state index in [0.717, 1.165) is 17.7 Å². The number of nitriles is 1. The molecule has 1 amide bonds. The van der Waals surface area contributed by atoms with Crippen LogP contribution in [0.3, 0.4) is 0 Å². The summed E-state index contributed by atoms with van der Waals surface area (Å²) >= 11 is 1.40. The average Bonchev–Trinajstić information content (AvgIpc) is 3.17. The van der Waals surface area contributed by atoms with Gasteiger partial charge in [0.25, 0.3) is 5.91 Å². The van der Waals surface area contributed by atoms with Crippen molar-refractivity contribution in [1.29, 1.82) is 5.26 Å². The zero-order valence-corrected chi connectivity index (χ0v) is 15.3. The van der Waals surface area contributed by atoms with Gasteiger partial charge < -0.3 is 15.4 Å². The summed E-state index contributed by atoms with van der Waals surface area (Å²) in [7, 11) is 0. The molecule has 2 aromatic rings. The number of fused-ring (bicyclic) bond motifs is 1. The molecule has 7 heteroatoms. The molecule has 0 fully saturated rings. The molecule has 0 radical (unpaired) electrons. The topological polar surface area (TPSA) is 92.2 Å². The maximum Gasteiger partial charge on any atom is 0.265 e. The van der Waals surface area contributed by atoms with Gasteiger partial charge in [-0.1, -0.05) is 6.07 Å². The summed E-state index contributed by atoms with van der Waals surface area (Å²) < 4.78 is 5.58. The van der Waals surface area contributed by atoms with E-state index in [4.69, 9.17) is 10.5 Å². The minimum absolute atomic E-state index is 0.108. The highest BCUT2D eigenvalue weighted by atomic mass is 32.1. The number of ether oxygens (including phenoxy) is 1. The molecular formula is C19H20N4O2S. The van der Waals surface area contributed by atoms with Crippen LogP contribution in [0.5, 0.6) is 5.75 Å². The van der Waals surface area contributed by atoms with Crippen LogP contribution in [-0.2, 0) is 11.2 Å². The van der Waals surface area contributed by atoms with Gasteiger partial charge in [-0.3, -0.25) is 4.79 Å². The van der Waals surface area contributed by atoms with Crippen molar-refractivity contribution < 1.29 is 9.53 Å². The van der Waals surface area contributed by atoms with Crippen molar-refractivity contribution in [2.75, 3.05) is 19.7 Å². The van der Waals surface area contributed by atoms with E-state index in [1.165, 1.54) is 16.9 Å². The molecule has 1 aliphatic heterocycles. The Morgan fingerprint density at radius 2 is 2.42 bits per heavy atom. The highest BCUT2D eigenvalue weighted by molar-refractivity contribution is 7.10. The van der Waals surface area contributed by atoms with Crippen LogP contribution in [0.4, 0.5) is 0 Å². The quantitative estimate of drug-likeness (QED) is 0.647. The van der Waals surface area contributed by atoms with Crippen molar-refractivity contribution in [3.63, 3.8) is 0 Å². The molecule has 2 heterocycles. The minimum Gasteiger partial charge on any atom is -0.492 e. The second-order valence-corrected chi connectivity index (χ2v) is 6.89. The number of hydrogen-bond donors (Lipinski definition) is 1. The van der Waals surface area contributed by atoms with Crippen molar-refractivity contribution in [3.8, 4) is 11.8 Å². The Morgan fingerprint density at radius 1 is 1.58 bits per heavy atom. The van der Waals surface area contributed by atoms with Crippen LogP contribution >= 0.6 is 11.3 Å². The maximum atomic E-state index is 12.9. The summed E-state index contributed by atoms with van der Waals surface area (Å²) in [6, 6.07) is 7.81. The zero-order chi connectivity index (χ0) is 18.5. The Balaban J connectivity index is 1.81. The van der Waals surface area contributed by atoms with Crippen LogP contribution in [0.25, 0.3) is 6.08 Å². The Kier molecular flexibility index (Phi) is 5.66.